The molecule has 3 heteroatoms. The van der Waals surface area contributed by atoms with E-state index in [1.54, 1.807) is 12.1 Å². The number of hydrogen-bond donors (Lipinski definition) is 0. The Balaban J connectivity index is 2.48. The van der Waals surface area contributed by atoms with Gasteiger partial charge in [-0.1, -0.05) is 42.5 Å². The standard InChI is InChI=1S/C15H12O3/c1-11-6-2-3-7-12(11)13-8-4-5-9-14(13)18-15(17)10-16/h2-10H,1H3. The van der Waals surface area contributed by atoms with Gasteiger partial charge in [-0.15, -0.1) is 0 Å². The molecule has 0 heterocycles. The van der Waals surface area contributed by atoms with Crippen molar-refractivity contribution < 1.29 is 14.3 Å². The molecule has 0 unspecified atom stereocenters. The quantitative estimate of drug-likeness (QED) is 0.358. The fourth-order valence-corrected chi connectivity index (χ4v) is 1.79. The van der Waals surface area contributed by atoms with E-state index >= 15 is 0 Å². The first kappa shape index (κ1) is 12.0. The van der Waals surface area contributed by atoms with E-state index in [4.69, 9.17) is 4.74 Å². The lowest BCUT2D eigenvalue weighted by Gasteiger charge is -2.10. The fourth-order valence-electron chi connectivity index (χ4n) is 1.79. The number of aryl methyl sites for hydroxylation is 1. The van der Waals surface area contributed by atoms with Crippen LogP contribution in [0, 0.1) is 6.92 Å². The maximum absolute atomic E-state index is 11.1. The van der Waals surface area contributed by atoms with Gasteiger partial charge in [-0.3, -0.25) is 4.79 Å². The summed E-state index contributed by atoms with van der Waals surface area (Å²) in [5.74, 6) is -0.500. The lowest BCUT2D eigenvalue weighted by atomic mass is 10.00. The van der Waals surface area contributed by atoms with E-state index in [1.165, 1.54) is 0 Å². The molecule has 0 radical (unpaired) electrons. The molecule has 0 atom stereocenters. The van der Waals surface area contributed by atoms with Crippen molar-refractivity contribution in [2.45, 2.75) is 6.92 Å². The van der Waals surface area contributed by atoms with Crippen LogP contribution >= 0.6 is 0 Å². The third-order valence-corrected chi connectivity index (χ3v) is 2.63. The average Bonchev–Trinajstić information content (AvgIpc) is 2.40. The summed E-state index contributed by atoms with van der Waals surface area (Å²) in [4.78, 5) is 21.4. The van der Waals surface area contributed by atoms with Gasteiger partial charge < -0.3 is 4.74 Å². The number of para-hydroxylation sites is 1. The van der Waals surface area contributed by atoms with E-state index in [0.29, 0.717) is 5.75 Å². The summed E-state index contributed by atoms with van der Waals surface area (Å²) in [6.07, 6.45) is 0.161. The Labute approximate surface area is 105 Å². The van der Waals surface area contributed by atoms with Crippen LogP contribution < -0.4 is 4.74 Å². The summed E-state index contributed by atoms with van der Waals surface area (Å²) < 4.78 is 5.00. The van der Waals surface area contributed by atoms with Crippen LogP contribution in [0.2, 0.25) is 0 Å². The molecule has 0 aromatic heterocycles. The van der Waals surface area contributed by atoms with E-state index in [0.717, 1.165) is 16.7 Å². The van der Waals surface area contributed by atoms with E-state index < -0.39 is 5.97 Å². The van der Waals surface area contributed by atoms with Crippen molar-refractivity contribution in [2.75, 3.05) is 0 Å². The molecule has 0 aliphatic rings. The van der Waals surface area contributed by atoms with Crippen molar-refractivity contribution in [1.29, 1.82) is 0 Å². The van der Waals surface area contributed by atoms with Crippen LogP contribution in [0.15, 0.2) is 48.5 Å². The summed E-state index contributed by atoms with van der Waals surface area (Å²) in [5, 5.41) is 0. The minimum atomic E-state index is -0.893. The number of carbonyl (C=O) groups excluding carboxylic acids is 2. The van der Waals surface area contributed by atoms with Gasteiger partial charge in [0.2, 0.25) is 6.29 Å². The van der Waals surface area contributed by atoms with E-state index in [1.807, 2.05) is 43.3 Å². The Morgan fingerprint density at radius 2 is 1.61 bits per heavy atom. The summed E-state index contributed by atoms with van der Waals surface area (Å²) in [5.41, 5.74) is 2.85. The molecule has 2 rings (SSSR count). The van der Waals surface area contributed by atoms with Crippen molar-refractivity contribution in [3.05, 3.63) is 54.1 Å². The molecule has 0 saturated heterocycles. The number of hydrogen-bond acceptors (Lipinski definition) is 3. The molecule has 0 aliphatic carbocycles. The molecule has 0 spiro atoms. The SMILES string of the molecule is Cc1ccccc1-c1ccccc1OC(=O)C=O. The van der Waals surface area contributed by atoms with Gasteiger partial charge in [-0.25, -0.2) is 4.79 Å². The van der Waals surface area contributed by atoms with Gasteiger partial charge in [0.15, 0.2) is 0 Å². The first-order chi connectivity index (χ1) is 8.72. The van der Waals surface area contributed by atoms with Crippen LogP contribution in [0.5, 0.6) is 5.75 Å². The number of esters is 1. The van der Waals surface area contributed by atoms with Crippen molar-refractivity contribution >= 4 is 12.3 Å². The third-order valence-electron chi connectivity index (χ3n) is 2.63. The molecule has 0 aliphatic heterocycles. The highest BCUT2D eigenvalue weighted by Crippen LogP contribution is 2.31. The number of ether oxygens (including phenoxy) is 1. The molecule has 0 fully saturated rings. The lowest BCUT2D eigenvalue weighted by Crippen LogP contribution is -2.09. The lowest BCUT2D eigenvalue weighted by molar-refractivity contribution is -0.141. The Morgan fingerprint density at radius 1 is 1.00 bits per heavy atom. The first-order valence-electron chi connectivity index (χ1n) is 5.54. The van der Waals surface area contributed by atoms with Gasteiger partial charge in [-0.05, 0) is 24.1 Å². The van der Waals surface area contributed by atoms with Crippen LogP contribution in [0.25, 0.3) is 11.1 Å². The molecule has 90 valence electrons. The maximum Gasteiger partial charge on any atom is 0.376 e. The highest BCUT2D eigenvalue weighted by Gasteiger charge is 2.10. The zero-order valence-corrected chi connectivity index (χ0v) is 9.92. The van der Waals surface area contributed by atoms with Crippen LogP contribution in [0.3, 0.4) is 0 Å². The summed E-state index contributed by atoms with van der Waals surface area (Å²) >= 11 is 0. The monoisotopic (exact) mass is 240 g/mol. The van der Waals surface area contributed by atoms with Crippen molar-refractivity contribution in [1.82, 2.24) is 0 Å². The van der Waals surface area contributed by atoms with Gasteiger partial charge in [0.05, 0.1) is 0 Å². The number of carbonyl (C=O) groups is 2. The molecular weight excluding hydrogens is 228 g/mol. The first-order valence-corrected chi connectivity index (χ1v) is 5.54. The number of benzene rings is 2. The Morgan fingerprint density at radius 3 is 2.28 bits per heavy atom. The average molecular weight is 240 g/mol. The normalized spacial score (nSPS) is 9.83. The van der Waals surface area contributed by atoms with Crippen LogP contribution in [0.4, 0.5) is 0 Å². The maximum atomic E-state index is 11.1. The molecule has 18 heavy (non-hydrogen) atoms. The predicted octanol–water partition coefficient (Wildman–Crippen LogP) is 2.77. The van der Waals surface area contributed by atoms with Crippen LogP contribution in [-0.4, -0.2) is 12.3 Å². The van der Waals surface area contributed by atoms with Gasteiger partial charge in [0.25, 0.3) is 0 Å². The second-order valence-corrected chi connectivity index (χ2v) is 3.85. The molecule has 0 amide bonds. The number of aldehydes is 1. The van der Waals surface area contributed by atoms with Crippen molar-refractivity contribution in [3.8, 4) is 16.9 Å². The highest BCUT2D eigenvalue weighted by molar-refractivity contribution is 6.21. The molecule has 2 aromatic carbocycles. The molecule has 3 nitrogen and oxygen atoms in total. The third kappa shape index (κ3) is 2.46. The zero-order valence-electron chi connectivity index (χ0n) is 9.92. The van der Waals surface area contributed by atoms with Crippen LogP contribution in [0.1, 0.15) is 5.56 Å². The van der Waals surface area contributed by atoms with E-state index in [9.17, 15) is 9.59 Å². The predicted molar refractivity (Wildman–Crippen MR) is 68.3 cm³/mol. The molecule has 2 aromatic rings. The van der Waals surface area contributed by atoms with E-state index in [-0.39, 0.29) is 6.29 Å². The Bertz CT molecular complexity index is 588. The Kier molecular flexibility index (Phi) is 3.53. The number of rotatable bonds is 3. The topological polar surface area (TPSA) is 43.4 Å². The summed E-state index contributed by atoms with van der Waals surface area (Å²) in [6, 6.07) is 14.9. The minimum absolute atomic E-state index is 0.161. The molecule has 0 saturated carbocycles. The smallest absolute Gasteiger partial charge is 0.376 e. The molecular formula is C15H12O3. The largest absolute Gasteiger partial charge is 0.420 e. The van der Waals surface area contributed by atoms with Crippen LogP contribution in [-0.2, 0) is 9.59 Å². The van der Waals surface area contributed by atoms with Gasteiger partial charge in [0, 0.05) is 5.56 Å². The zero-order chi connectivity index (χ0) is 13.0. The van der Waals surface area contributed by atoms with Gasteiger partial charge in [0.1, 0.15) is 5.75 Å². The van der Waals surface area contributed by atoms with Crippen molar-refractivity contribution in [2.24, 2.45) is 0 Å². The summed E-state index contributed by atoms with van der Waals surface area (Å²) in [7, 11) is 0. The highest BCUT2D eigenvalue weighted by atomic mass is 16.5. The summed E-state index contributed by atoms with van der Waals surface area (Å²) in [6.45, 7) is 1.98. The van der Waals surface area contributed by atoms with E-state index in [2.05, 4.69) is 0 Å². The molecule has 0 N–H and O–H groups in total. The fraction of sp³-hybridized carbons (Fsp3) is 0.0667. The Hall–Kier alpha value is -2.42. The second-order valence-electron chi connectivity index (χ2n) is 3.85. The minimum Gasteiger partial charge on any atom is -0.420 e. The van der Waals surface area contributed by atoms with Crippen molar-refractivity contribution in [3.63, 3.8) is 0 Å². The molecule has 0 bridgehead atoms. The van der Waals surface area contributed by atoms with Gasteiger partial charge >= 0.3 is 5.97 Å². The second kappa shape index (κ2) is 5.27. The van der Waals surface area contributed by atoms with Gasteiger partial charge in [-0.2, -0.15) is 0 Å².